The normalized spacial score (nSPS) is 12.6. The number of anilines is 1. The molecule has 1 aromatic heterocycles. The van der Waals surface area contributed by atoms with Gasteiger partial charge >= 0.3 is 0 Å². The van der Waals surface area contributed by atoms with Crippen LogP contribution >= 0.6 is 0 Å². The summed E-state index contributed by atoms with van der Waals surface area (Å²) in [6.45, 7) is 5.03. The third-order valence-corrected chi connectivity index (χ3v) is 2.15. The largest absolute Gasteiger partial charge is 0.374 e. The summed E-state index contributed by atoms with van der Waals surface area (Å²) in [4.78, 5) is 6.42. The van der Waals surface area contributed by atoms with Crippen LogP contribution in [0.15, 0.2) is 18.3 Å². The second kappa shape index (κ2) is 4.23. The lowest BCUT2D eigenvalue weighted by Crippen LogP contribution is -2.16. The van der Waals surface area contributed by atoms with E-state index in [9.17, 15) is 0 Å². The average Bonchev–Trinajstić information content (AvgIpc) is 2.17. The first kappa shape index (κ1) is 9.99. The molecule has 0 amide bonds. The van der Waals surface area contributed by atoms with Crippen molar-refractivity contribution in [3.05, 3.63) is 24.0 Å². The first-order valence-corrected chi connectivity index (χ1v) is 4.57. The van der Waals surface area contributed by atoms with Gasteiger partial charge in [-0.15, -0.1) is 0 Å². The molecule has 0 aromatic carbocycles. The zero-order valence-corrected chi connectivity index (χ0v) is 8.49. The SMILES string of the molecule is CCN(C)c1ccc([C@H](C)N)nc1. The maximum absolute atomic E-state index is 5.70. The van der Waals surface area contributed by atoms with Crippen molar-refractivity contribution in [1.82, 2.24) is 4.98 Å². The topological polar surface area (TPSA) is 42.1 Å². The smallest absolute Gasteiger partial charge is 0.0569 e. The Morgan fingerprint density at radius 2 is 2.23 bits per heavy atom. The van der Waals surface area contributed by atoms with Gasteiger partial charge in [-0.25, -0.2) is 0 Å². The predicted octanol–water partition coefficient (Wildman–Crippen LogP) is 1.56. The Bertz CT molecular complexity index is 253. The molecular formula is C10H17N3. The second-order valence-corrected chi connectivity index (χ2v) is 3.24. The summed E-state index contributed by atoms with van der Waals surface area (Å²) in [6.07, 6.45) is 1.86. The van der Waals surface area contributed by atoms with Gasteiger partial charge in [-0.1, -0.05) is 0 Å². The van der Waals surface area contributed by atoms with E-state index < -0.39 is 0 Å². The van der Waals surface area contributed by atoms with Crippen molar-refractivity contribution >= 4 is 5.69 Å². The van der Waals surface area contributed by atoms with Gasteiger partial charge < -0.3 is 10.6 Å². The summed E-state index contributed by atoms with van der Waals surface area (Å²) in [5.41, 5.74) is 7.77. The van der Waals surface area contributed by atoms with Crippen LogP contribution in [0.25, 0.3) is 0 Å². The molecule has 1 rings (SSSR count). The molecule has 1 heterocycles. The Balaban J connectivity index is 2.81. The van der Waals surface area contributed by atoms with Crippen molar-refractivity contribution in [2.75, 3.05) is 18.5 Å². The van der Waals surface area contributed by atoms with Crippen molar-refractivity contribution in [2.45, 2.75) is 19.9 Å². The second-order valence-electron chi connectivity index (χ2n) is 3.24. The summed E-state index contributed by atoms with van der Waals surface area (Å²) in [6, 6.07) is 4.04. The molecule has 13 heavy (non-hydrogen) atoms. The fourth-order valence-corrected chi connectivity index (χ4v) is 1.08. The molecule has 0 aliphatic carbocycles. The minimum absolute atomic E-state index is 0.0148. The Kier molecular flexibility index (Phi) is 3.25. The molecule has 1 aromatic rings. The molecule has 0 radical (unpaired) electrons. The third-order valence-electron chi connectivity index (χ3n) is 2.15. The molecule has 0 aliphatic heterocycles. The van der Waals surface area contributed by atoms with E-state index in [0.29, 0.717) is 0 Å². The number of hydrogen-bond acceptors (Lipinski definition) is 3. The lowest BCUT2D eigenvalue weighted by Gasteiger charge is -2.16. The molecule has 72 valence electrons. The van der Waals surface area contributed by atoms with E-state index in [-0.39, 0.29) is 6.04 Å². The van der Waals surface area contributed by atoms with E-state index in [1.54, 1.807) is 0 Å². The van der Waals surface area contributed by atoms with Crippen molar-refractivity contribution < 1.29 is 0 Å². The van der Waals surface area contributed by atoms with Crippen LogP contribution in [0.5, 0.6) is 0 Å². The molecule has 0 fully saturated rings. The third kappa shape index (κ3) is 2.42. The standard InChI is InChI=1S/C10H17N3/c1-4-13(3)9-5-6-10(8(2)11)12-7-9/h5-8H,4,11H2,1-3H3/t8-/m0/s1. The highest BCUT2D eigenvalue weighted by molar-refractivity contribution is 5.43. The van der Waals surface area contributed by atoms with Gasteiger partial charge in [0.25, 0.3) is 0 Å². The molecular weight excluding hydrogens is 162 g/mol. The molecule has 2 N–H and O–H groups in total. The van der Waals surface area contributed by atoms with Crippen LogP contribution < -0.4 is 10.6 Å². The zero-order chi connectivity index (χ0) is 9.84. The Morgan fingerprint density at radius 1 is 1.54 bits per heavy atom. The number of aromatic nitrogens is 1. The van der Waals surface area contributed by atoms with E-state index >= 15 is 0 Å². The lowest BCUT2D eigenvalue weighted by molar-refractivity contribution is 0.779. The number of nitrogens with zero attached hydrogens (tertiary/aromatic N) is 2. The highest BCUT2D eigenvalue weighted by Crippen LogP contribution is 2.13. The highest BCUT2D eigenvalue weighted by Gasteiger charge is 2.02. The van der Waals surface area contributed by atoms with Gasteiger partial charge in [0.05, 0.1) is 17.6 Å². The van der Waals surface area contributed by atoms with Crippen LogP contribution in [-0.2, 0) is 0 Å². The number of nitrogens with two attached hydrogens (primary N) is 1. The predicted molar refractivity (Wildman–Crippen MR) is 55.8 cm³/mol. The van der Waals surface area contributed by atoms with Gasteiger partial charge in [-0.3, -0.25) is 4.98 Å². The van der Waals surface area contributed by atoms with Crippen LogP contribution in [0.3, 0.4) is 0 Å². The summed E-state index contributed by atoms with van der Waals surface area (Å²) < 4.78 is 0. The van der Waals surface area contributed by atoms with E-state index in [2.05, 4.69) is 22.9 Å². The zero-order valence-electron chi connectivity index (χ0n) is 8.49. The fourth-order valence-electron chi connectivity index (χ4n) is 1.08. The fraction of sp³-hybridized carbons (Fsp3) is 0.500. The van der Waals surface area contributed by atoms with Crippen molar-refractivity contribution in [2.24, 2.45) is 5.73 Å². The van der Waals surface area contributed by atoms with Gasteiger partial charge in [0.1, 0.15) is 0 Å². The van der Waals surface area contributed by atoms with Crippen LogP contribution in [0.1, 0.15) is 25.6 Å². The van der Waals surface area contributed by atoms with Gasteiger partial charge in [-0.2, -0.15) is 0 Å². The van der Waals surface area contributed by atoms with Crippen LogP contribution in [0, 0.1) is 0 Å². The summed E-state index contributed by atoms with van der Waals surface area (Å²) >= 11 is 0. The van der Waals surface area contributed by atoms with Gasteiger partial charge in [0, 0.05) is 19.6 Å². The molecule has 0 aliphatic rings. The monoisotopic (exact) mass is 179 g/mol. The molecule has 1 atom stereocenters. The minimum atomic E-state index is 0.0148. The first-order chi connectivity index (χ1) is 6.15. The molecule has 0 bridgehead atoms. The number of rotatable bonds is 3. The summed E-state index contributed by atoms with van der Waals surface area (Å²) in [7, 11) is 2.04. The van der Waals surface area contributed by atoms with E-state index in [0.717, 1.165) is 17.9 Å². The Morgan fingerprint density at radius 3 is 2.62 bits per heavy atom. The quantitative estimate of drug-likeness (QED) is 0.765. The van der Waals surface area contributed by atoms with Gasteiger partial charge in [0.2, 0.25) is 0 Å². The Labute approximate surface area is 79.6 Å². The molecule has 3 heteroatoms. The molecule has 3 nitrogen and oxygen atoms in total. The van der Waals surface area contributed by atoms with Crippen molar-refractivity contribution in [3.63, 3.8) is 0 Å². The summed E-state index contributed by atoms with van der Waals surface area (Å²) in [5, 5.41) is 0. The average molecular weight is 179 g/mol. The van der Waals surface area contributed by atoms with Crippen molar-refractivity contribution in [3.8, 4) is 0 Å². The lowest BCUT2D eigenvalue weighted by atomic mass is 10.2. The molecule has 0 unspecified atom stereocenters. The highest BCUT2D eigenvalue weighted by atomic mass is 15.1. The molecule has 0 saturated heterocycles. The summed E-state index contributed by atoms with van der Waals surface area (Å²) in [5.74, 6) is 0. The molecule has 0 spiro atoms. The minimum Gasteiger partial charge on any atom is -0.374 e. The van der Waals surface area contributed by atoms with Crippen LogP contribution in [0.2, 0.25) is 0 Å². The van der Waals surface area contributed by atoms with Gasteiger partial charge in [0.15, 0.2) is 0 Å². The van der Waals surface area contributed by atoms with E-state index in [4.69, 9.17) is 5.73 Å². The first-order valence-electron chi connectivity index (χ1n) is 4.57. The maximum Gasteiger partial charge on any atom is 0.0569 e. The van der Waals surface area contributed by atoms with E-state index in [1.165, 1.54) is 0 Å². The van der Waals surface area contributed by atoms with Crippen LogP contribution in [-0.4, -0.2) is 18.6 Å². The Hall–Kier alpha value is -1.09. The van der Waals surface area contributed by atoms with Gasteiger partial charge in [-0.05, 0) is 26.0 Å². The molecule has 0 saturated carbocycles. The number of hydrogen-bond donors (Lipinski definition) is 1. The van der Waals surface area contributed by atoms with Crippen LogP contribution in [0.4, 0.5) is 5.69 Å². The van der Waals surface area contributed by atoms with E-state index in [1.807, 2.05) is 26.2 Å². The number of pyridine rings is 1. The maximum atomic E-state index is 5.70. The van der Waals surface area contributed by atoms with Crippen molar-refractivity contribution in [1.29, 1.82) is 0 Å².